The number of hydrogen-bond acceptors (Lipinski definition) is 6. The highest BCUT2D eigenvalue weighted by Gasteiger charge is 2.17. The topological polar surface area (TPSA) is 119 Å². The molecular formula is C22H18F2N6O3S. The van der Waals surface area contributed by atoms with Gasteiger partial charge in [0.1, 0.15) is 17.3 Å². The monoisotopic (exact) mass is 484 g/mol. The maximum atomic E-state index is 14.3. The molecule has 174 valence electrons. The lowest BCUT2D eigenvalue weighted by atomic mass is 10.2. The van der Waals surface area contributed by atoms with Crippen LogP contribution in [-0.4, -0.2) is 34.5 Å². The number of halogens is 2. The Labute approximate surface area is 193 Å². The van der Waals surface area contributed by atoms with Crippen LogP contribution in [-0.2, 0) is 10.0 Å². The maximum absolute atomic E-state index is 14.3. The lowest BCUT2D eigenvalue weighted by Crippen LogP contribution is -2.15. The number of tetrazole rings is 1. The van der Waals surface area contributed by atoms with E-state index in [2.05, 4.69) is 25.6 Å². The van der Waals surface area contributed by atoms with E-state index in [9.17, 15) is 22.0 Å². The van der Waals surface area contributed by atoms with Crippen molar-refractivity contribution in [2.75, 3.05) is 10.0 Å². The third kappa shape index (κ3) is 4.76. The molecule has 3 aromatic carbocycles. The van der Waals surface area contributed by atoms with Crippen molar-refractivity contribution in [1.82, 2.24) is 20.2 Å². The summed E-state index contributed by atoms with van der Waals surface area (Å²) in [5.41, 5.74) is 0.888. The van der Waals surface area contributed by atoms with E-state index >= 15 is 0 Å². The Hall–Kier alpha value is -4.19. The predicted molar refractivity (Wildman–Crippen MR) is 120 cm³/mol. The summed E-state index contributed by atoms with van der Waals surface area (Å²) in [6.07, 6.45) is 0. The zero-order valence-corrected chi connectivity index (χ0v) is 18.8. The number of sulfonamides is 1. The van der Waals surface area contributed by atoms with Gasteiger partial charge in [0.2, 0.25) is 0 Å². The summed E-state index contributed by atoms with van der Waals surface area (Å²) in [4.78, 5) is 12.5. The number of aryl methyl sites for hydroxylation is 2. The Morgan fingerprint density at radius 1 is 0.941 bits per heavy atom. The Balaban J connectivity index is 1.55. The summed E-state index contributed by atoms with van der Waals surface area (Å²) in [5, 5.41) is 13.5. The van der Waals surface area contributed by atoms with Crippen LogP contribution < -0.4 is 10.0 Å². The number of hydrogen-bond donors (Lipinski definition) is 2. The molecule has 0 bridgehead atoms. The molecular weight excluding hydrogens is 466 g/mol. The number of nitrogens with one attached hydrogen (secondary N) is 2. The minimum Gasteiger partial charge on any atom is -0.322 e. The van der Waals surface area contributed by atoms with Gasteiger partial charge in [-0.25, -0.2) is 17.2 Å². The van der Waals surface area contributed by atoms with Crippen molar-refractivity contribution >= 4 is 27.3 Å². The van der Waals surface area contributed by atoms with Crippen LogP contribution in [0.2, 0.25) is 0 Å². The number of anilines is 2. The fourth-order valence-corrected chi connectivity index (χ4v) is 4.15. The van der Waals surface area contributed by atoms with E-state index in [1.54, 1.807) is 6.92 Å². The molecule has 0 fully saturated rings. The van der Waals surface area contributed by atoms with Gasteiger partial charge in [0.05, 0.1) is 4.90 Å². The second kappa shape index (κ2) is 8.98. The van der Waals surface area contributed by atoms with Crippen molar-refractivity contribution in [2.24, 2.45) is 0 Å². The van der Waals surface area contributed by atoms with E-state index < -0.39 is 27.6 Å². The Bertz CT molecular complexity index is 1500. The third-order valence-electron chi connectivity index (χ3n) is 4.89. The van der Waals surface area contributed by atoms with Gasteiger partial charge in [-0.15, -0.1) is 5.10 Å². The minimum atomic E-state index is -4.08. The zero-order chi connectivity index (χ0) is 24.5. The number of aromatic nitrogens is 4. The molecule has 0 aliphatic rings. The Kier molecular flexibility index (Phi) is 6.07. The normalized spacial score (nSPS) is 11.3. The van der Waals surface area contributed by atoms with Crippen LogP contribution in [0.5, 0.6) is 0 Å². The molecule has 1 amide bonds. The molecule has 0 unspecified atom stereocenters. The first-order chi connectivity index (χ1) is 16.1. The summed E-state index contributed by atoms with van der Waals surface area (Å²) in [6.45, 7) is 3.12. The van der Waals surface area contributed by atoms with E-state index in [-0.39, 0.29) is 27.5 Å². The largest absolute Gasteiger partial charge is 0.322 e. The first-order valence-electron chi connectivity index (χ1n) is 9.89. The van der Waals surface area contributed by atoms with E-state index in [1.165, 1.54) is 60.1 Å². The molecule has 0 spiro atoms. The second-order valence-corrected chi connectivity index (χ2v) is 9.04. The third-order valence-corrected chi connectivity index (χ3v) is 6.27. The average Bonchev–Trinajstić information content (AvgIpc) is 3.22. The van der Waals surface area contributed by atoms with E-state index in [1.807, 2.05) is 0 Å². The number of nitrogens with zero attached hydrogens (tertiary/aromatic N) is 4. The quantitative estimate of drug-likeness (QED) is 0.432. The second-order valence-electron chi connectivity index (χ2n) is 7.36. The Morgan fingerprint density at radius 3 is 2.44 bits per heavy atom. The fraction of sp³-hybridized carbons (Fsp3) is 0.0909. The van der Waals surface area contributed by atoms with E-state index in [0.717, 1.165) is 12.1 Å². The van der Waals surface area contributed by atoms with E-state index in [4.69, 9.17) is 0 Å². The van der Waals surface area contributed by atoms with Gasteiger partial charge in [0.15, 0.2) is 5.82 Å². The lowest BCUT2D eigenvalue weighted by molar-refractivity contribution is 0.102. The van der Waals surface area contributed by atoms with Crippen molar-refractivity contribution < 1.29 is 22.0 Å². The highest BCUT2D eigenvalue weighted by molar-refractivity contribution is 7.92. The average molecular weight is 484 g/mol. The first-order valence-corrected chi connectivity index (χ1v) is 11.4. The molecule has 0 saturated heterocycles. The van der Waals surface area contributed by atoms with Gasteiger partial charge in [-0.2, -0.15) is 4.68 Å². The van der Waals surface area contributed by atoms with Crippen molar-refractivity contribution in [2.45, 2.75) is 18.7 Å². The molecule has 0 atom stereocenters. The van der Waals surface area contributed by atoms with Crippen LogP contribution in [0.15, 0.2) is 65.6 Å². The van der Waals surface area contributed by atoms with Gasteiger partial charge in [0.25, 0.3) is 15.9 Å². The van der Waals surface area contributed by atoms with Gasteiger partial charge in [-0.3, -0.25) is 9.52 Å². The first kappa shape index (κ1) is 23.0. The predicted octanol–water partition coefficient (Wildman–Crippen LogP) is 3.61. The minimum absolute atomic E-state index is 0.0483. The molecule has 2 N–H and O–H groups in total. The number of carbonyl (C=O) groups is 1. The zero-order valence-electron chi connectivity index (χ0n) is 18.0. The molecule has 0 aliphatic carbocycles. The molecule has 9 nitrogen and oxygen atoms in total. The lowest BCUT2D eigenvalue weighted by Gasteiger charge is -2.11. The number of amides is 1. The molecule has 4 rings (SSSR count). The molecule has 0 radical (unpaired) electrons. The van der Waals surface area contributed by atoms with Crippen LogP contribution in [0.4, 0.5) is 20.2 Å². The molecule has 0 saturated carbocycles. The van der Waals surface area contributed by atoms with Crippen molar-refractivity contribution in [1.29, 1.82) is 0 Å². The van der Waals surface area contributed by atoms with Gasteiger partial charge >= 0.3 is 0 Å². The van der Waals surface area contributed by atoms with Gasteiger partial charge < -0.3 is 5.32 Å². The SMILES string of the molecule is Cc1ccc(S(=O)(=O)Nc2cccc(C(=O)Nc3ccc(F)c(-n4nnnc4C)c3)c2)cc1F. The molecule has 1 aromatic heterocycles. The van der Waals surface area contributed by atoms with Crippen LogP contribution in [0.3, 0.4) is 0 Å². The molecule has 4 aromatic rings. The van der Waals surface area contributed by atoms with E-state index in [0.29, 0.717) is 11.4 Å². The summed E-state index contributed by atoms with van der Waals surface area (Å²) in [6, 6.07) is 13.2. The van der Waals surface area contributed by atoms with Crippen LogP contribution in [0.1, 0.15) is 21.7 Å². The number of rotatable bonds is 6. The molecule has 0 aliphatic heterocycles. The highest BCUT2D eigenvalue weighted by Crippen LogP contribution is 2.22. The van der Waals surface area contributed by atoms with Crippen molar-refractivity contribution in [3.63, 3.8) is 0 Å². The van der Waals surface area contributed by atoms with Crippen LogP contribution >= 0.6 is 0 Å². The molecule has 1 heterocycles. The maximum Gasteiger partial charge on any atom is 0.261 e. The summed E-state index contributed by atoms with van der Waals surface area (Å²) >= 11 is 0. The van der Waals surface area contributed by atoms with Gasteiger partial charge in [0, 0.05) is 16.9 Å². The van der Waals surface area contributed by atoms with Crippen LogP contribution in [0, 0.1) is 25.5 Å². The highest BCUT2D eigenvalue weighted by atomic mass is 32.2. The fourth-order valence-electron chi connectivity index (χ4n) is 3.09. The molecule has 34 heavy (non-hydrogen) atoms. The van der Waals surface area contributed by atoms with Gasteiger partial charge in [-0.05, 0) is 78.4 Å². The van der Waals surface area contributed by atoms with Crippen LogP contribution in [0.25, 0.3) is 5.69 Å². The van der Waals surface area contributed by atoms with Gasteiger partial charge in [-0.1, -0.05) is 12.1 Å². The van der Waals surface area contributed by atoms with Crippen molar-refractivity contribution in [3.8, 4) is 5.69 Å². The molecule has 12 heteroatoms. The standard InChI is InChI=1S/C22H18F2N6O3S/c1-13-6-8-18(12-20(13)24)34(32,33)27-17-5-3-4-15(10-17)22(31)25-16-7-9-19(23)21(11-16)30-14(2)26-28-29-30/h3-12,27H,1-2H3,(H,25,31). The number of carbonyl (C=O) groups excluding carboxylic acids is 1. The Morgan fingerprint density at radius 2 is 1.74 bits per heavy atom. The summed E-state index contributed by atoms with van der Waals surface area (Å²) < 4.78 is 56.8. The smallest absolute Gasteiger partial charge is 0.261 e. The summed E-state index contributed by atoms with van der Waals surface area (Å²) in [7, 11) is -4.08. The van der Waals surface area contributed by atoms with Crippen molar-refractivity contribution in [3.05, 3.63) is 89.2 Å². The number of benzene rings is 3. The summed E-state index contributed by atoms with van der Waals surface area (Å²) in [5.74, 6) is -1.44.